The maximum atomic E-state index is 6.05. The standard InChI is InChI=1S/C12H17ClN2O/c1-16-12-3-2-9(4-11(12)13)5-14-6-10-7-15-8-10/h2-4,10,14-15H,5-8H2,1H3. The summed E-state index contributed by atoms with van der Waals surface area (Å²) in [6.07, 6.45) is 0. The highest BCUT2D eigenvalue weighted by Gasteiger charge is 2.15. The molecule has 0 spiro atoms. The first-order chi connectivity index (χ1) is 7.79. The van der Waals surface area contributed by atoms with E-state index in [0.717, 1.165) is 37.8 Å². The van der Waals surface area contributed by atoms with Gasteiger partial charge >= 0.3 is 0 Å². The minimum atomic E-state index is 0.673. The zero-order valence-corrected chi connectivity index (χ0v) is 10.2. The van der Waals surface area contributed by atoms with Crippen LogP contribution in [0.1, 0.15) is 5.56 Å². The molecule has 0 bridgehead atoms. The first kappa shape index (κ1) is 11.7. The molecule has 1 fully saturated rings. The van der Waals surface area contributed by atoms with E-state index in [1.807, 2.05) is 18.2 Å². The van der Waals surface area contributed by atoms with E-state index in [0.29, 0.717) is 5.02 Å². The van der Waals surface area contributed by atoms with Gasteiger partial charge in [0.2, 0.25) is 0 Å². The molecule has 0 unspecified atom stereocenters. The molecule has 3 nitrogen and oxygen atoms in total. The molecule has 1 aromatic rings. The van der Waals surface area contributed by atoms with Crippen molar-refractivity contribution in [1.29, 1.82) is 0 Å². The molecule has 2 N–H and O–H groups in total. The number of hydrogen-bond acceptors (Lipinski definition) is 3. The summed E-state index contributed by atoms with van der Waals surface area (Å²) in [4.78, 5) is 0. The van der Waals surface area contributed by atoms with Gasteiger partial charge in [0, 0.05) is 26.2 Å². The lowest BCUT2D eigenvalue weighted by Crippen LogP contribution is -2.47. The number of ether oxygens (including phenoxy) is 1. The fourth-order valence-electron chi connectivity index (χ4n) is 1.73. The quantitative estimate of drug-likeness (QED) is 0.821. The highest BCUT2D eigenvalue weighted by molar-refractivity contribution is 6.32. The molecule has 1 saturated heterocycles. The zero-order chi connectivity index (χ0) is 11.4. The summed E-state index contributed by atoms with van der Waals surface area (Å²) in [6.45, 7) is 4.20. The van der Waals surface area contributed by atoms with Gasteiger partial charge in [-0.15, -0.1) is 0 Å². The van der Waals surface area contributed by atoms with Gasteiger partial charge in [-0.25, -0.2) is 0 Å². The topological polar surface area (TPSA) is 33.3 Å². The Morgan fingerprint density at radius 1 is 1.50 bits per heavy atom. The third-order valence-electron chi connectivity index (χ3n) is 2.84. The van der Waals surface area contributed by atoms with Gasteiger partial charge in [0.25, 0.3) is 0 Å². The molecule has 0 aromatic heterocycles. The predicted octanol–water partition coefficient (Wildman–Crippen LogP) is 1.66. The van der Waals surface area contributed by atoms with Crippen LogP contribution in [0.5, 0.6) is 5.75 Å². The zero-order valence-electron chi connectivity index (χ0n) is 9.42. The van der Waals surface area contributed by atoms with E-state index in [-0.39, 0.29) is 0 Å². The second-order valence-corrected chi connectivity index (χ2v) is 4.53. The van der Waals surface area contributed by atoms with Crippen molar-refractivity contribution >= 4 is 11.6 Å². The fourth-order valence-corrected chi connectivity index (χ4v) is 2.01. The molecule has 2 rings (SSSR count). The van der Waals surface area contributed by atoms with Crippen molar-refractivity contribution in [3.05, 3.63) is 28.8 Å². The molecule has 0 radical (unpaired) electrons. The van der Waals surface area contributed by atoms with E-state index in [1.165, 1.54) is 5.56 Å². The molecular formula is C12H17ClN2O. The molecule has 16 heavy (non-hydrogen) atoms. The lowest BCUT2D eigenvalue weighted by atomic mass is 10.0. The summed E-state index contributed by atoms with van der Waals surface area (Å²) >= 11 is 6.05. The second-order valence-electron chi connectivity index (χ2n) is 4.12. The van der Waals surface area contributed by atoms with Gasteiger partial charge in [-0.05, 0) is 23.6 Å². The van der Waals surface area contributed by atoms with Crippen LogP contribution >= 0.6 is 11.6 Å². The fraction of sp³-hybridized carbons (Fsp3) is 0.500. The van der Waals surface area contributed by atoms with Crippen LogP contribution in [0, 0.1) is 5.92 Å². The Kier molecular flexibility index (Phi) is 4.04. The molecule has 1 aliphatic heterocycles. The maximum absolute atomic E-state index is 6.05. The Hall–Kier alpha value is -0.770. The van der Waals surface area contributed by atoms with E-state index in [1.54, 1.807) is 7.11 Å². The molecular weight excluding hydrogens is 224 g/mol. The van der Waals surface area contributed by atoms with Crippen LogP contribution < -0.4 is 15.4 Å². The van der Waals surface area contributed by atoms with Gasteiger partial charge in [-0.2, -0.15) is 0 Å². The van der Waals surface area contributed by atoms with Crippen LogP contribution in [0.25, 0.3) is 0 Å². The van der Waals surface area contributed by atoms with Crippen LogP contribution in [0.3, 0.4) is 0 Å². The number of hydrogen-bond donors (Lipinski definition) is 2. The van der Waals surface area contributed by atoms with Crippen LogP contribution in [-0.2, 0) is 6.54 Å². The minimum absolute atomic E-state index is 0.673. The lowest BCUT2D eigenvalue weighted by molar-refractivity contribution is 0.331. The van der Waals surface area contributed by atoms with Crippen molar-refractivity contribution in [2.24, 2.45) is 5.92 Å². The molecule has 0 atom stereocenters. The first-order valence-corrected chi connectivity index (χ1v) is 5.91. The van der Waals surface area contributed by atoms with Crippen molar-refractivity contribution in [3.8, 4) is 5.75 Å². The monoisotopic (exact) mass is 240 g/mol. The molecule has 0 aliphatic carbocycles. The molecule has 88 valence electrons. The Morgan fingerprint density at radius 2 is 2.31 bits per heavy atom. The number of nitrogens with one attached hydrogen (secondary N) is 2. The summed E-state index contributed by atoms with van der Waals surface area (Å²) < 4.78 is 5.11. The third kappa shape index (κ3) is 2.88. The van der Waals surface area contributed by atoms with Crippen molar-refractivity contribution in [2.75, 3.05) is 26.7 Å². The van der Waals surface area contributed by atoms with Gasteiger partial charge in [0.05, 0.1) is 12.1 Å². The first-order valence-electron chi connectivity index (χ1n) is 5.53. The van der Waals surface area contributed by atoms with Gasteiger partial charge < -0.3 is 15.4 Å². The van der Waals surface area contributed by atoms with Crippen LogP contribution in [0.15, 0.2) is 18.2 Å². The van der Waals surface area contributed by atoms with Gasteiger partial charge in [0.15, 0.2) is 0 Å². The normalized spacial score (nSPS) is 15.9. The van der Waals surface area contributed by atoms with E-state index < -0.39 is 0 Å². The van der Waals surface area contributed by atoms with Crippen molar-refractivity contribution in [2.45, 2.75) is 6.54 Å². The Balaban J connectivity index is 1.81. The number of benzene rings is 1. The summed E-state index contributed by atoms with van der Waals surface area (Å²) in [5.41, 5.74) is 1.19. The molecule has 1 aliphatic rings. The molecule has 0 amide bonds. The van der Waals surface area contributed by atoms with Crippen molar-refractivity contribution < 1.29 is 4.74 Å². The predicted molar refractivity (Wildman–Crippen MR) is 66.1 cm³/mol. The van der Waals surface area contributed by atoms with E-state index >= 15 is 0 Å². The number of halogens is 1. The third-order valence-corrected chi connectivity index (χ3v) is 3.14. The summed E-state index contributed by atoms with van der Waals surface area (Å²) in [5, 5.41) is 7.36. The highest BCUT2D eigenvalue weighted by Crippen LogP contribution is 2.24. The summed E-state index contributed by atoms with van der Waals surface area (Å²) in [5.74, 6) is 1.52. The van der Waals surface area contributed by atoms with Crippen LogP contribution in [-0.4, -0.2) is 26.7 Å². The molecule has 1 heterocycles. The summed E-state index contributed by atoms with van der Waals surface area (Å²) in [6, 6.07) is 5.90. The van der Waals surface area contributed by atoms with Gasteiger partial charge in [-0.3, -0.25) is 0 Å². The smallest absolute Gasteiger partial charge is 0.137 e. The number of rotatable bonds is 5. The van der Waals surface area contributed by atoms with E-state index in [9.17, 15) is 0 Å². The van der Waals surface area contributed by atoms with Crippen LogP contribution in [0.4, 0.5) is 0 Å². The molecule has 1 aromatic carbocycles. The minimum Gasteiger partial charge on any atom is -0.495 e. The van der Waals surface area contributed by atoms with Crippen molar-refractivity contribution in [3.63, 3.8) is 0 Å². The Labute approximate surface area is 101 Å². The SMILES string of the molecule is COc1ccc(CNCC2CNC2)cc1Cl. The summed E-state index contributed by atoms with van der Waals surface area (Å²) in [7, 11) is 1.63. The molecule has 0 saturated carbocycles. The largest absolute Gasteiger partial charge is 0.495 e. The second kappa shape index (κ2) is 5.53. The van der Waals surface area contributed by atoms with Crippen LogP contribution in [0.2, 0.25) is 5.02 Å². The Bertz CT molecular complexity index is 353. The lowest BCUT2D eigenvalue weighted by Gasteiger charge is -2.27. The van der Waals surface area contributed by atoms with Crippen molar-refractivity contribution in [1.82, 2.24) is 10.6 Å². The Morgan fingerprint density at radius 3 is 2.88 bits per heavy atom. The number of methoxy groups -OCH3 is 1. The highest BCUT2D eigenvalue weighted by atomic mass is 35.5. The average Bonchev–Trinajstić information content (AvgIpc) is 2.22. The maximum Gasteiger partial charge on any atom is 0.137 e. The molecule has 4 heteroatoms. The average molecular weight is 241 g/mol. The van der Waals surface area contributed by atoms with E-state index in [2.05, 4.69) is 10.6 Å². The van der Waals surface area contributed by atoms with Gasteiger partial charge in [-0.1, -0.05) is 17.7 Å². The van der Waals surface area contributed by atoms with Gasteiger partial charge in [0.1, 0.15) is 5.75 Å². The van der Waals surface area contributed by atoms with E-state index in [4.69, 9.17) is 16.3 Å².